The van der Waals surface area contributed by atoms with Gasteiger partial charge in [0.05, 0.1) is 29.3 Å². The molecule has 1 aliphatic carbocycles. The number of H-pyrrole nitrogens is 1. The Morgan fingerprint density at radius 2 is 1.62 bits per heavy atom. The molecule has 2 heterocycles. The lowest BCUT2D eigenvalue weighted by molar-refractivity contribution is 0.153. The van der Waals surface area contributed by atoms with Gasteiger partial charge in [0.1, 0.15) is 5.82 Å². The van der Waals surface area contributed by atoms with Gasteiger partial charge < -0.3 is 10.3 Å². The summed E-state index contributed by atoms with van der Waals surface area (Å²) in [6.45, 7) is 3.31. The van der Waals surface area contributed by atoms with Gasteiger partial charge in [0.2, 0.25) is 0 Å². The molecule has 0 bridgehead atoms. The van der Waals surface area contributed by atoms with Crippen LogP contribution in [0.15, 0.2) is 96.0 Å². The highest BCUT2D eigenvalue weighted by atomic mass is 79.9. The minimum atomic E-state index is 0.277. The molecule has 0 amide bonds. The molecule has 3 aromatic carbocycles. The number of aromatic amines is 1. The lowest BCUT2D eigenvalue weighted by Gasteiger charge is -2.34. The van der Waals surface area contributed by atoms with Gasteiger partial charge in [0, 0.05) is 30.7 Å². The van der Waals surface area contributed by atoms with Crippen molar-refractivity contribution < 1.29 is 0 Å². The van der Waals surface area contributed by atoms with E-state index in [0.717, 1.165) is 55.9 Å². The maximum Gasteiger partial charge on any atom is 0.121 e. The molecule has 0 saturated carbocycles. The van der Waals surface area contributed by atoms with Gasteiger partial charge in [-0.15, -0.1) is 0 Å². The van der Waals surface area contributed by atoms with Gasteiger partial charge >= 0.3 is 0 Å². The van der Waals surface area contributed by atoms with Crippen molar-refractivity contribution in [2.24, 2.45) is 0 Å². The SMILES string of the molecule is BrSc1ccc(CNCc2ccc(CN(Cc3nc4ccccc4[nH]3)C3CCCc4cccnc43)cc2)cc1. The molecule has 1 atom stereocenters. The predicted octanol–water partition coefficient (Wildman–Crippen LogP) is 7.73. The minimum Gasteiger partial charge on any atom is -0.341 e. The van der Waals surface area contributed by atoms with Crippen LogP contribution in [0.5, 0.6) is 0 Å². The van der Waals surface area contributed by atoms with Gasteiger partial charge in [-0.05, 0) is 96.9 Å². The number of rotatable bonds is 10. The quantitative estimate of drug-likeness (QED) is 0.172. The number of nitrogens with zero attached hydrogens (tertiary/aromatic N) is 3. The molecular weight excluding hydrogens is 566 g/mol. The van der Waals surface area contributed by atoms with Crippen molar-refractivity contribution in [3.8, 4) is 0 Å². The van der Waals surface area contributed by atoms with E-state index in [4.69, 9.17) is 9.97 Å². The molecule has 0 aliphatic heterocycles. The van der Waals surface area contributed by atoms with Crippen LogP contribution in [0.2, 0.25) is 0 Å². The third kappa shape index (κ3) is 6.44. The van der Waals surface area contributed by atoms with Crippen LogP contribution < -0.4 is 5.32 Å². The van der Waals surface area contributed by atoms with Gasteiger partial charge in [0.25, 0.3) is 0 Å². The fourth-order valence-electron chi connectivity index (χ4n) is 5.50. The van der Waals surface area contributed by atoms with Crippen molar-refractivity contribution in [2.45, 2.75) is 56.4 Å². The molecule has 0 saturated heterocycles. The molecule has 198 valence electrons. The fourth-order valence-corrected chi connectivity index (χ4v) is 6.38. The van der Waals surface area contributed by atoms with Crippen molar-refractivity contribution in [1.82, 2.24) is 25.2 Å². The molecule has 2 N–H and O–H groups in total. The Morgan fingerprint density at radius 3 is 2.38 bits per heavy atom. The maximum atomic E-state index is 4.90. The van der Waals surface area contributed by atoms with E-state index in [-0.39, 0.29) is 6.04 Å². The van der Waals surface area contributed by atoms with Crippen LogP contribution in [0.25, 0.3) is 11.0 Å². The Morgan fingerprint density at radius 1 is 0.872 bits per heavy atom. The third-order valence-electron chi connectivity index (χ3n) is 7.48. The topological polar surface area (TPSA) is 56.8 Å². The summed E-state index contributed by atoms with van der Waals surface area (Å²) < 4.78 is 0. The second-order valence-electron chi connectivity index (χ2n) is 10.2. The van der Waals surface area contributed by atoms with Crippen molar-refractivity contribution in [3.05, 3.63) is 125 Å². The first-order valence-electron chi connectivity index (χ1n) is 13.5. The molecule has 5 aromatic rings. The van der Waals surface area contributed by atoms with Crippen LogP contribution in [-0.4, -0.2) is 19.9 Å². The number of aromatic nitrogens is 3. The molecule has 2 aromatic heterocycles. The molecule has 6 rings (SSSR count). The highest BCUT2D eigenvalue weighted by Gasteiger charge is 2.28. The van der Waals surface area contributed by atoms with E-state index in [1.165, 1.54) is 39.3 Å². The molecule has 1 aliphatic rings. The summed E-state index contributed by atoms with van der Waals surface area (Å²) in [6.07, 6.45) is 5.34. The van der Waals surface area contributed by atoms with Gasteiger partial charge in [0.15, 0.2) is 0 Å². The van der Waals surface area contributed by atoms with Gasteiger partial charge in [-0.3, -0.25) is 9.88 Å². The molecule has 1 unspecified atom stereocenters. The number of pyridine rings is 1. The number of benzene rings is 3. The summed E-state index contributed by atoms with van der Waals surface area (Å²) in [5.41, 5.74) is 8.60. The zero-order valence-corrected chi connectivity index (χ0v) is 24.2. The Bertz CT molecular complexity index is 1480. The zero-order valence-electron chi connectivity index (χ0n) is 21.8. The summed E-state index contributed by atoms with van der Waals surface area (Å²) in [4.78, 5) is 17.1. The van der Waals surface area contributed by atoms with Gasteiger partial charge in [-0.2, -0.15) is 0 Å². The van der Waals surface area contributed by atoms with Gasteiger partial charge in [-0.25, -0.2) is 4.98 Å². The van der Waals surface area contributed by atoms with Crippen LogP contribution in [-0.2, 0) is 32.6 Å². The molecule has 0 radical (unpaired) electrons. The van der Waals surface area contributed by atoms with Crippen LogP contribution in [0.1, 0.15) is 52.7 Å². The third-order valence-corrected chi connectivity index (χ3v) is 9.05. The van der Waals surface area contributed by atoms with E-state index >= 15 is 0 Å². The second kappa shape index (κ2) is 12.5. The van der Waals surface area contributed by atoms with E-state index in [0.29, 0.717) is 0 Å². The van der Waals surface area contributed by atoms with Crippen molar-refractivity contribution in [3.63, 3.8) is 0 Å². The van der Waals surface area contributed by atoms with Crippen molar-refractivity contribution >= 4 is 36.0 Å². The molecule has 0 fully saturated rings. The van der Waals surface area contributed by atoms with E-state index < -0.39 is 0 Å². The molecule has 0 spiro atoms. The van der Waals surface area contributed by atoms with Gasteiger partial charge in [-0.1, -0.05) is 54.6 Å². The molecule has 39 heavy (non-hydrogen) atoms. The Hall–Kier alpha value is -2.97. The van der Waals surface area contributed by atoms with Crippen LogP contribution in [0.3, 0.4) is 0 Å². The Balaban J connectivity index is 1.16. The average molecular weight is 599 g/mol. The summed E-state index contributed by atoms with van der Waals surface area (Å²) in [7, 11) is 1.59. The molecule has 5 nitrogen and oxygen atoms in total. The lowest BCUT2D eigenvalue weighted by Crippen LogP contribution is -2.31. The molecule has 7 heteroatoms. The van der Waals surface area contributed by atoms with E-state index in [1.807, 2.05) is 12.3 Å². The highest BCUT2D eigenvalue weighted by Crippen LogP contribution is 2.34. The fraction of sp³-hybridized carbons (Fsp3) is 0.250. The number of imidazole rings is 1. The summed E-state index contributed by atoms with van der Waals surface area (Å²) in [5.74, 6) is 1.00. The number of halogens is 1. The van der Waals surface area contributed by atoms with E-state index in [9.17, 15) is 0 Å². The monoisotopic (exact) mass is 597 g/mol. The number of aryl methyl sites for hydroxylation is 1. The number of hydrogen-bond donors (Lipinski definition) is 2. The summed E-state index contributed by atoms with van der Waals surface area (Å²) >= 11 is 3.43. The molecular formula is C32H32BrN5S. The Kier molecular flexibility index (Phi) is 8.40. The van der Waals surface area contributed by atoms with Crippen molar-refractivity contribution in [2.75, 3.05) is 0 Å². The van der Waals surface area contributed by atoms with E-state index in [1.54, 1.807) is 10.2 Å². The number of hydrogen-bond acceptors (Lipinski definition) is 5. The Labute approximate surface area is 241 Å². The minimum absolute atomic E-state index is 0.277. The van der Waals surface area contributed by atoms with Crippen LogP contribution in [0, 0.1) is 0 Å². The predicted molar refractivity (Wildman–Crippen MR) is 163 cm³/mol. The van der Waals surface area contributed by atoms with Crippen LogP contribution >= 0.6 is 25.0 Å². The first kappa shape index (κ1) is 26.3. The summed E-state index contributed by atoms with van der Waals surface area (Å²) in [6, 6.07) is 30.5. The number of fused-ring (bicyclic) bond motifs is 2. The number of para-hydroxylation sites is 2. The maximum absolute atomic E-state index is 4.90. The standard InChI is InChI=1S/C32H32BrN5S/c33-39-27-16-14-24(15-17-27)20-34-19-23-10-12-25(13-11-23)21-38(22-31-36-28-7-1-2-8-29(28)37-31)30-9-3-5-26-6-4-18-35-32(26)30/h1-2,4,6-8,10-18,30,34H,3,5,9,19-22H2,(H,36,37). The second-order valence-corrected chi connectivity index (χ2v) is 11.8. The largest absolute Gasteiger partial charge is 0.341 e. The summed E-state index contributed by atoms with van der Waals surface area (Å²) in [5, 5.41) is 3.57. The smallest absolute Gasteiger partial charge is 0.121 e. The lowest BCUT2D eigenvalue weighted by atomic mass is 9.90. The van der Waals surface area contributed by atoms with Crippen molar-refractivity contribution in [1.29, 1.82) is 0 Å². The number of nitrogens with one attached hydrogen (secondary N) is 2. The van der Waals surface area contributed by atoms with E-state index in [2.05, 4.69) is 109 Å². The zero-order chi connectivity index (χ0) is 26.4. The first-order valence-corrected chi connectivity index (χ1v) is 16.2. The normalized spacial score (nSPS) is 15.1. The van der Waals surface area contributed by atoms with Crippen LogP contribution in [0.4, 0.5) is 0 Å². The first-order chi connectivity index (χ1) is 19.2. The average Bonchev–Trinajstić information content (AvgIpc) is 3.40. The highest BCUT2D eigenvalue weighted by molar-refractivity contribution is 9.50.